The molecular formula is C26H19ClN2O4S2. The molecule has 4 aromatic rings. The minimum atomic E-state index is -1.12. The molecule has 0 aliphatic heterocycles. The Balaban J connectivity index is 1.58. The van der Waals surface area contributed by atoms with Gasteiger partial charge in [-0.25, -0.2) is 4.79 Å². The van der Waals surface area contributed by atoms with Gasteiger partial charge in [0.05, 0.1) is 21.2 Å². The summed E-state index contributed by atoms with van der Waals surface area (Å²) in [4.78, 5) is 38.5. The number of aromatic carboxylic acids is 1. The van der Waals surface area contributed by atoms with Crippen LogP contribution < -0.4 is 10.6 Å². The first-order valence-electron chi connectivity index (χ1n) is 10.4. The van der Waals surface area contributed by atoms with Crippen LogP contribution in [0.5, 0.6) is 0 Å². The molecule has 0 aliphatic carbocycles. The van der Waals surface area contributed by atoms with Gasteiger partial charge in [-0.2, -0.15) is 0 Å². The molecule has 0 fully saturated rings. The lowest BCUT2D eigenvalue weighted by Gasteiger charge is -2.18. The summed E-state index contributed by atoms with van der Waals surface area (Å²) in [5, 5.41) is 16.3. The molecular weight excluding hydrogens is 504 g/mol. The Morgan fingerprint density at radius 3 is 2.40 bits per heavy atom. The van der Waals surface area contributed by atoms with Gasteiger partial charge in [-0.15, -0.1) is 23.1 Å². The second kappa shape index (κ2) is 11.2. The highest BCUT2D eigenvalue weighted by atomic mass is 35.5. The quantitative estimate of drug-likeness (QED) is 0.220. The average molecular weight is 523 g/mol. The molecule has 6 nitrogen and oxygen atoms in total. The van der Waals surface area contributed by atoms with Crippen LogP contribution in [0.1, 0.15) is 30.8 Å². The molecule has 176 valence electrons. The van der Waals surface area contributed by atoms with E-state index in [4.69, 9.17) is 11.6 Å². The lowest BCUT2D eigenvalue weighted by atomic mass is 10.1. The Morgan fingerprint density at radius 2 is 1.69 bits per heavy atom. The van der Waals surface area contributed by atoms with E-state index in [9.17, 15) is 19.5 Å². The van der Waals surface area contributed by atoms with Gasteiger partial charge < -0.3 is 15.7 Å². The molecule has 35 heavy (non-hydrogen) atoms. The van der Waals surface area contributed by atoms with Crippen molar-refractivity contribution in [3.63, 3.8) is 0 Å². The number of halogens is 1. The molecule has 1 aromatic heterocycles. The predicted octanol–water partition coefficient (Wildman–Crippen LogP) is 6.82. The van der Waals surface area contributed by atoms with Gasteiger partial charge in [-0.1, -0.05) is 54.1 Å². The van der Waals surface area contributed by atoms with Gasteiger partial charge in [-0.3, -0.25) is 9.59 Å². The third-order valence-electron chi connectivity index (χ3n) is 4.90. The number of thiophene rings is 1. The lowest BCUT2D eigenvalue weighted by molar-refractivity contribution is -0.115. The van der Waals surface area contributed by atoms with Crippen molar-refractivity contribution in [3.05, 3.63) is 111 Å². The fourth-order valence-corrected chi connectivity index (χ4v) is 5.10. The fraction of sp³-hybridized carbons (Fsp3) is 0.0385. The summed E-state index contributed by atoms with van der Waals surface area (Å²) in [6.45, 7) is 0. The van der Waals surface area contributed by atoms with Gasteiger partial charge in [0.1, 0.15) is 5.25 Å². The van der Waals surface area contributed by atoms with Gasteiger partial charge >= 0.3 is 5.97 Å². The van der Waals surface area contributed by atoms with Crippen LogP contribution in [0, 0.1) is 0 Å². The van der Waals surface area contributed by atoms with Gasteiger partial charge in [0.25, 0.3) is 5.91 Å². The van der Waals surface area contributed by atoms with Crippen LogP contribution in [0.2, 0.25) is 5.02 Å². The number of carbonyl (C=O) groups is 3. The number of hydrogen-bond acceptors (Lipinski definition) is 5. The van der Waals surface area contributed by atoms with Gasteiger partial charge in [0.15, 0.2) is 0 Å². The Bertz CT molecular complexity index is 1360. The minimum Gasteiger partial charge on any atom is -0.478 e. The summed E-state index contributed by atoms with van der Waals surface area (Å²) in [5.74, 6) is -1.68. The number of hydrogen-bond donors (Lipinski definition) is 3. The summed E-state index contributed by atoms with van der Waals surface area (Å²) in [6.07, 6.45) is 0. The molecule has 0 bridgehead atoms. The van der Waals surface area contributed by atoms with Crippen LogP contribution in [0.3, 0.4) is 0 Å². The molecule has 9 heteroatoms. The van der Waals surface area contributed by atoms with Crippen molar-refractivity contribution in [1.29, 1.82) is 0 Å². The summed E-state index contributed by atoms with van der Waals surface area (Å²) in [7, 11) is 0. The maximum Gasteiger partial charge on any atom is 0.335 e. The maximum atomic E-state index is 13.4. The van der Waals surface area contributed by atoms with E-state index in [1.54, 1.807) is 24.3 Å². The van der Waals surface area contributed by atoms with Gasteiger partial charge in [0, 0.05) is 10.6 Å². The van der Waals surface area contributed by atoms with Crippen molar-refractivity contribution in [2.45, 2.75) is 10.1 Å². The molecule has 0 radical (unpaired) electrons. The lowest BCUT2D eigenvalue weighted by Crippen LogP contribution is -2.19. The zero-order valence-electron chi connectivity index (χ0n) is 18.1. The highest BCUT2D eigenvalue weighted by Crippen LogP contribution is 2.38. The number of benzene rings is 3. The Hall–Kier alpha value is -3.59. The van der Waals surface area contributed by atoms with Crippen molar-refractivity contribution in [1.82, 2.24) is 0 Å². The first-order valence-corrected chi connectivity index (χ1v) is 12.5. The second-order valence-electron chi connectivity index (χ2n) is 7.36. The summed E-state index contributed by atoms with van der Waals surface area (Å²) in [5.41, 5.74) is 1.60. The largest absolute Gasteiger partial charge is 0.478 e. The average Bonchev–Trinajstić information content (AvgIpc) is 3.40. The zero-order valence-corrected chi connectivity index (χ0v) is 20.5. The van der Waals surface area contributed by atoms with Crippen LogP contribution >= 0.6 is 34.7 Å². The summed E-state index contributed by atoms with van der Waals surface area (Å²) < 4.78 is 0. The second-order valence-corrected chi connectivity index (χ2v) is 9.89. The SMILES string of the molecule is O=C(O)c1ccc(Cl)c(NC(=O)C(Sc2cccc(NC(=O)c3cccs3)c2)c2ccccc2)c1. The molecule has 0 aliphatic rings. The molecule has 1 heterocycles. The Morgan fingerprint density at radius 1 is 0.886 bits per heavy atom. The molecule has 3 aromatic carbocycles. The summed E-state index contributed by atoms with van der Waals surface area (Å²) in [6, 6.07) is 24.2. The summed E-state index contributed by atoms with van der Waals surface area (Å²) >= 11 is 8.87. The smallest absolute Gasteiger partial charge is 0.335 e. The molecule has 4 rings (SSSR count). The van der Waals surface area contributed by atoms with E-state index in [1.165, 1.54) is 41.3 Å². The zero-order chi connectivity index (χ0) is 24.8. The Labute approximate surface area is 215 Å². The van der Waals surface area contributed by atoms with E-state index in [-0.39, 0.29) is 28.1 Å². The topological polar surface area (TPSA) is 95.5 Å². The first-order chi connectivity index (χ1) is 16.9. The van der Waals surface area contributed by atoms with Crippen molar-refractivity contribution in [2.75, 3.05) is 10.6 Å². The number of nitrogens with one attached hydrogen (secondary N) is 2. The molecule has 1 unspecified atom stereocenters. The number of carboxylic acid groups (broad SMARTS) is 1. The highest BCUT2D eigenvalue weighted by molar-refractivity contribution is 8.00. The van der Waals surface area contributed by atoms with E-state index in [0.29, 0.717) is 10.6 Å². The van der Waals surface area contributed by atoms with Crippen molar-refractivity contribution >= 4 is 63.9 Å². The highest BCUT2D eigenvalue weighted by Gasteiger charge is 2.23. The van der Waals surface area contributed by atoms with E-state index >= 15 is 0 Å². The van der Waals surface area contributed by atoms with Crippen molar-refractivity contribution in [2.24, 2.45) is 0 Å². The van der Waals surface area contributed by atoms with E-state index in [2.05, 4.69) is 10.6 Å². The number of carbonyl (C=O) groups excluding carboxylic acids is 2. The number of carboxylic acids is 1. The van der Waals surface area contributed by atoms with Gasteiger partial charge in [-0.05, 0) is 53.4 Å². The first kappa shape index (κ1) is 24.5. The van der Waals surface area contributed by atoms with Crippen LogP contribution in [-0.4, -0.2) is 22.9 Å². The molecule has 0 spiro atoms. The predicted molar refractivity (Wildman–Crippen MR) is 141 cm³/mol. The monoisotopic (exact) mass is 522 g/mol. The van der Waals surface area contributed by atoms with Crippen LogP contribution in [0.25, 0.3) is 0 Å². The van der Waals surface area contributed by atoms with Gasteiger partial charge in [0.2, 0.25) is 5.91 Å². The van der Waals surface area contributed by atoms with Crippen molar-refractivity contribution < 1.29 is 19.5 Å². The van der Waals surface area contributed by atoms with E-state index < -0.39 is 11.2 Å². The number of amides is 2. The van der Waals surface area contributed by atoms with E-state index in [0.717, 1.165) is 10.5 Å². The van der Waals surface area contributed by atoms with Crippen LogP contribution in [0.4, 0.5) is 11.4 Å². The molecule has 0 saturated carbocycles. The standard InChI is InChI=1S/C26H19ClN2O4S2/c27-20-12-11-17(26(32)33)14-21(20)29-25(31)23(16-6-2-1-3-7-16)35-19-9-4-8-18(15-19)28-24(30)22-10-5-13-34-22/h1-15,23H,(H,28,30)(H,29,31)(H,32,33). The number of rotatable bonds is 8. The maximum absolute atomic E-state index is 13.4. The van der Waals surface area contributed by atoms with E-state index in [1.807, 2.05) is 47.8 Å². The molecule has 2 amide bonds. The fourth-order valence-electron chi connectivity index (χ4n) is 3.24. The normalized spacial score (nSPS) is 11.5. The van der Waals surface area contributed by atoms with Crippen LogP contribution in [0.15, 0.2) is 95.2 Å². The van der Waals surface area contributed by atoms with Crippen molar-refractivity contribution in [3.8, 4) is 0 Å². The third-order valence-corrected chi connectivity index (χ3v) is 7.35. The molecule has 0 saturated heterocycles. The van der Waals surface area contributed by atoms with Crippen LogP contribution in [-0.2, 0) is 4.79 Å². The molecule has 1 atom stereocenters. The molecule has 3 N–H and O–H groups in total. The Kier molecular flexibility index (Phi) is 7.87. The number of thioether (sulfide) groups is 1. The minimum absolute atomic E-state index is 0.0165. The number of anilines is 2. The third kappa shape index (κ3) is 6.30.